The SMILES string of the molecule is CNC(=O)CN(C)c1n[nH]c2cc(NC(=O)N[C@H](C)c3ccccc3)ncc12. The molecule has 2 aromatic heterocycles. The van der Waals surface area contributed by atoms with E-state index in [2.05, 4.69) is 31.1 Å². The largest absolute Gasteiger partial charge is 0.358 e. The van der Waals surface area contributed by atoms with Crippen LogP contribution in [0.1, 0.15) is 18.5 Å². The first kappa shape index (κ1) is 19.2. The molecule has 146 valence electrons. The molecule has 9 nitrogen and oxygen atoms in total. The third kappa shape index (κ3) is 4.37. The Morgan fingerprint density at radius 2 is 2.00 bits per heavy atom. The van der Waals surface area contributed by atoms with Crippen molar-refractivity contribution in [2.75, 3.05) is 30.9 Å². The van der Waals surface area contributed by atoms with Crippen molar-refractivity contribution >= 4 is 34.5 Å². The molecule has 0 bridgehead atoms. The Bertz CT molecular complexity index is 971. The molecule has 28 heavy (non-hydrogen) atoms. The number of likely N-dealkylation sites (N-methyl/N-ethyl adjacent to an activating group) is 2. The Kier molecular flexibility index (Phi) is 5.73. The van der Waals surface area contributed by atoms with Gasteiger partial charge in [0.1, 0.15) is 5.82 Å². The minimum Gasteiger partial charge on any atom is -0.358 e. The molecule has 3 amide bonds. The Morgan fingerprint density at radius 3 is 2.71 bits per heavy atom. The van der Waals surface area contributed by atoms with Gasteiger partial charge in [-0.15, -0.1) is 0 Å². The first-order valence-electron chi connectivity index (χ1n) is 8.86. The number of aromatic nitrogens is 3. The van der Waals surface area contributed by atoms with E-state index in [-0.39, 0.29) is 24.5 Å². The highest BCUT2D eigenvalue weighted by Gasteiger charge is 2.15. The Balaban J connectivity index is 1.67. The van der Waals surface area contributed by atoms with E-state index in [9.17, 15) is 9.59 Å². The predicted octanol–water partition coefficient (Wildman–Crippen LogP) is 2.02. The van der Waals surface area contributed by atoms with E-state index in [1.165, 1.54) is 0 Å². The summed E-state index contributed by atoms with van der Waals surface area (Å²) in [6.45, 7) is 2.09. The fourth-order valence-electron chi connectivity index (χ4n) is 2.80. The number of hydrogen-bond acceptors (Lipinski definition) is 5. The van der Waals surface area contributed by atoms with Gasteiger partial charge in [-0.05, 0) is 12.5 Å². The number of pyridine rings is 1. The second kappa shape index (κ2) is 8.38. The van der Waals surface area contributed by atoms with Gasteiger partial charge < -0.3 is 15.5 Å². The maximum Gasteiger partial charge on any atom is 0.320 e. The first-order chi connectivity index (χ1) is 13.5. The van der Waals surface area contributed by atoms with Crippen molar-refractivity contribution in [3.05, 3.63) is 48.2 Å². The molecule has 3 aromatic rings. The minimum absolute atomic E-state index is 0.117. The quantitative estimate of drug-likeness (QED) is 0.521. The lowest BCUT2D eigenvalue weighted by Gasteiger charge is -2.15. The van der Waals surface area contributed by atoms with Crippen LogP contribution in [-0.4, -0.2) is 47.8 Å². The lowest BCUT2D eigenvalue weighted by atomic mass is 10.1. The van der Waals surface area contributed by atoms with Crippen LogP contribution >= 0.6 is 0 Å². The van der Waals surface area contributed by atoms with Crippen LogP contribution in [0.25, 0.3) is 10.9 Å². The lowest BCUT2D eigenvalue weighted by Crippen LogP contribution is -2.33. The van der Waals surface area contributed by atoms with Crippen LogP contribution in [0.3, 0.4) is 0 Å². The molecule has 0 spiro atoms. The molecule has 1 aromatic carbocycles. The van der Waals surface area contributed by atoms with Crippen LogP contribution in [0.2, 0.25) is 0 Å². The standard InChI is InChI=1S/C19H23N7O2/c1-12(13-7-5-4-6-8-13)22-19(28)23-16-9-15-14(10-21-16)18(25-24-15)26(3)11-17(27)20-2/h4-10,12H,11H2,1-3H3,(H,20,27)(H,24,25)(H2,21,22,23,28)/t12-/m1/s1. The van der Waals surface area contributed by atoms with E-state index in [1.54, 1.807) is 31.3 Å². The van der Waals surface area contributed by atoms with Crippen LogP contribution in [0.15, 0.2) is 42.6 Å². The van der Waals surface area contributed by atoms with E-state index < -0.39 is 0 Å². The molecule has 1 atom stereocenters. The van der Waals surface area contributed by atoms with Gasteiger partial charge in [-0.3, -0.25) is 15.2 Å². The molecule has 4 N–H and O–H groups in total. The average Bonchev–Trinajstić information content (AvgIpc) is 3.11. The molecule has 9 heteroatoms. The number of benzene rings is 1. The van der Waals surface area contributed by atoms with Crippen molar-refractivity contribution in [3.63, 3.8) is 0 Å². The van der Waals surface area contributed by atoms with Gasteiger partial charge in [0.25, 0.3) is 0 Å². The molecule has 0 fully saturated rings. The van der Waals surface area contributed by atoms with Gasteiger partial charge in [0.2, 0.25) is 5.91 Å². The van der Waals surface area contributed by atoms with Gasteiger partial charge in [-0.1, -0.05) is 30.3 Å². The van der Waals surface area contributed by atoms with Crippen LogP contribution < -0.4 is 20.9 Å². The van der Waals surface area contributed by atoms with Crippen molar-refractivity contribution in [2.24, 2.45) is 0 Å². The molecule has 0 aliphatic carbocycles. The van der Waals surface area contributed by atoms with Gasteiger partial charge in [-0.2, -0.15) is 5.10 Å². The smallest absolute Gasteiger partial charge is 0.320 e. The molecule has 3 rings (SSSR count). The van der Waals surface area contributed by atoms with Crippen molar-refractivity contribution in [1.29, 1.82) is 0 Å². The zero-order valence-corrected chi connectivity index (χ0v) is 16.0. The molecule has 0 aliphatic rings. The number of anilines is 2. The Morgan fingerprint density at radius 1 is 1.25 bits per heavy atom. The number of carbonyl (C=O) groups excluding carboxylic acids is 2. The van der Waals surface area contributed by atoms with Gasteiger partial charge in [0, 0.05) is 26.4 Å². The van der Waals surface area contributed by atoms with E-state index in [0.29, 0.717) is 17.2 Å². The molecule has 2 heterocycles. The summed E-state index contributed by atoms with van der Waals surface area (Å²) < 4.78 is 0. The van der Waals surface area contributed by atoms with Gasteiger partial charge in [0.15, 0.2) is 5.82 Å². The number of carbonyl (C=O) groups is 2. The summed E-state index contributed by atoms with van der Waals surface area (Å²) in [5.74, 6) is 0.892. The summed E-state index contributed by atoms with van der Waals surface area (Å²) >= 11 is 0. The second-order valence-electron chi connectivity index (χ2n) is 6.42. The maximum atomic E-state index is 12.3. The molecule has 0 saturated heterocycles. The topological polar surface area (TPSA) is 115 Å². The Hall–Kier alpha value is -3.62. The molecule has 0 aliphatic heterocycles. The van der Waals surface area contributed by atoms with Crippen molar-refractivity contribution in [1.82, 2.24) is 25.8 Å². The molecule has 0 saturated carbocycles. The summed E-state index contributed by atoms with van der Waals surface area (Å²) in [6, 6.07) is 10.9. The highest BCUT2D eigenvalue weighted by molar-refractivity contribution is 5.95. The highest BCUT2D eigenvalue weighted by atomic mass is 16.2. The second-order valence-corrected chi connectivity index (χ2v) is 6.42. The number of nitrogens with one attached hydrogen (secondary N) is 4. The zero-order valence-electron chi connectivity index (χ0n) is 16.0. The van der Waals surface area contributed by atoms with Crippen molar-refractivity contribution in [3.8, 4) is 0 Å². The average molecular weight is 381 g/mol. The van der Waals surface area contributed by atoms with Crippen molar-refractivity contribution < 1.29 is 9.59 Å². The number of nitrogens with zero attached hydrogens (tertiary/aromatic N) is 3. The number of rotatable bonds is 6. The molecular weight excluding hydrogens is 358 g/mol. The third-order valence-electron chi connectivity index (χ3n) is 4.34. The van der Waals surface area contributed by atoms with E-state index in [0.717, 1.165) is 10.9 Å². The summed E-state index contributed by atoms with van der Waals surface area (Å²) in [6.07, 6.45) is 1.62. The number of hydrogen-bond donors (Lipinski definition) is 4. The number of H-pyrrole nitrogens is 1. The van der Waals surface area contributed by atoms with Crippen LogP contribution in [0.4, 0.5) is 16.4 Å². The maximum absolute atomic E-state index is 12.3. The number of urea groups is 1. The minimum atomic E-state index is -0.348. The summed E-state index contributed by atoms with van der Waals surface area (Å²) in [5.41, 5.74) is 1.72. The number of fused-ring (bicyclic) bond motifs is 1. The third-order valence-corrected chi connectivity index (χ3v) is 4.34. The highest BCUT2D eigenvalue weighted by Crippen LogP contribution is 2.24. The van der Waals surface area contributed by atoms with Crippen molar-refractivity contribution in [2.45, 2.75) is 13.0 Å². The fraction of sp³-hybridized carbons (Fsp3) is 0.263. The normalized spacial score (nSPS) is 11.7. The summed E-state index contributed by atoms with van der Waals surface area (Å²) in [5, 5.41) is 16.1. The molecular formula is C19H23N7O2. The zero-order chi connectivity index (χ0) is 20.1. The fourth-order valence-corrected chi connectivity index (χ4v) is 2.80. The van der Waals surface area contributed by atoms with Gasteiger partial charge in [-0.25, -0.2) is 9.78 Å². The van der Waals surface area contributed by atoms with Crippen LogP contribution in [0, 0.1) is 0 Å². The molecule has 0 radical (unpaired) electrons. The Labute approximate surface area is 162 Å². The number of aromatic amines is 1. The predicted molar refractivity (Wildman–Crippen MR) is 108 cm³/mol. The van der Waals surface area contributed by atoms with E-state index in [1.807, 2.05) is 37.3 Å². The molecule has 0 unspecified atom stereocenters. The summed E-state index contributed by atoms with van der Waals surface area (Å²) in [4.78, 5) is 29.8. The van der Waals surface area contributed by atoms with Crippen LogP contribution in [0.5, 0.6) is 0 Å². The monoisotopic (exact) mass is 381 g/mol. The van der Waals surface area contributed by atoms with Crippen LogP contribution in [-0.2, 0) is 4.79 Å². The van der Waals surface area contributed by atoms with E-state index in [4.69, 9.17) is 0 Å². The number of amides is 3. The summed E-state index contributed by atoms with van der Waals surface area (Å²) in [7, 11) is 3.36. The van der Waals surface area contributed by atoms with E-state index >= 15 is 0 Å². The lowest BCUT2D eigenvalue weighted by molar-refractivity contribution is -0.119. The van der Waals surface area contributed by atoms with Gasteiger partial charge in [0.05, 0.1) is 23.5 Å². The van der Waals surface area contributed by atoms with Gasteiger partial charge >= 0.3 is 6.03 Å². The first-order valence-corrected chi connectivity index (χ1v) is 8.86.